The molecule has 0 unspecified atom stereocenters. The summed E-state index contributed by atoms with van der Waals surface area (Å²) in [4.78, 5) is 19.1. The van der Waals surface area contributed by atoms with Crippen LogP contribution in [0.15, 0.2) is 11.1 Å². The molecule has 0 radical (unpaired) electrons. The lowest BCUT2D eigenvalue weighted by Gasteiger charge is -2.19. The average Bonchev–Trinajstić information content (AvgIpc) is 3.46. The zero-order valence-corrected chi connectivity index (χ0v) is 19.3. The minimum atomic E-state index is -4.20. The Morgan fingerprint density at radius 2 is 1.81 bits per heavy atom. The zero-order valence-electron chi connectivity index (χ0n) is 18.5. The van der Waals surface area contributed by atoms with Crippen molar-refractivity contribution in [1.29, 1.82) is 0 Å². The highest BCUT2D eigenvalue weighted by Gasteiger charge is 2.33. The molecule has 0 saturated carbocycles. The Kier molecular flexibility index (Phi) is 5.37. The molecule has 0 spiro atoms. The van der Waals surface area contributed by atoms with Crippen molar-refractivity contribution in [2.24, 2.45) is 0 Å². The fourth-order valence-electron chi connectivity index (χ4n) is 5.07. The van der Waals surface area contributed by atoms with Gasteiger partial charge in [0.05, 0.1) is 13.2 Å². The first kappa shape index (κ1) is 21.3. The van der Waals surface area contributed by atoms with Crippen molar-refractivity contribution in [3.05, 3.63) is 34.1 Å². The molecule has 3 aliphatic rings. The second-order valence-electron chi connectivity index (χ2n) is 9.02. The summed E-state index contributed by atoms with van der Waals surface area (Å²) >= 11 is 0. The number of imidazole rings is 1. The number of benzene rings is 1. The molecule has 1 aromatic carbocycles. The van der Waals surface area contributed by atoms with Crippen LogP contribution in [0.25, 0.3) is 0 Å². The molecule has 2 amide bonds. The number of aryl methyl sites for hydroxylation is 2. The summed E-state index contributed by atoms with van der Waals surface area (Å²) < 4.78 is 35.9. The number of fused-ring (bicyclic) bond motifs is 3. The molecule has 0 atom stereocenters. The zero-order chi connectivity index (χ0) is 22.5. The highest BCUT2D eigenvalue weighted by molar-refractivity contribution is 7.90. The van der Waals surface area contributed by atoms with Crippen LogP contribution < -0.4 is 14.8 Å². The fraction of sp³-hybridized carbons (Fsp3) is 0.545. The van der Waals surface area contributed by atoms with E-state index in [1.807, 2.05) is 19.0 Å². The molecule has 10 heteroatoms. The van der Waals surface area contributed by atoms with Crippen molar-refractivity contribution in [3.8, 4) is 5.88 Å². The number of hydrogen-bond donors (Lipinski definition) is 2. The second kappa shape index (κ2) is 8.08. The van der Waals surface area contributed by atoms with Gasteiger partial charge in [0, 0.05) is 12.2 Å². The standard InChI is InChI=1S/C22H29N5O4S/c1-26(2)13-18-23-20(21-27(18)10-5-11-31-21)32(29,30)25-22(28)24-19-16-8-3-6-14(16)12-15-7-4-9-17(15)19/h12H,3-11,13H2,1-2H3,(H2,24,25,28). The van der Waals surface area contributed by atoms with Crippen molar-refractivity contribution < 1.29 is 17.9 Å². The van der Waals surface area contributed by atoms with Crippen LogP contribution in [0.5, 0.6) is 5.88 Å². The molecular weight excluding hydrogens is 430 g/mol. The van der Waals surface area contributed by atoms with E-state index in [9.17, 15) is 13.2 Å². The molecule has 1 aromatic heterocycles. The number of carbonyl (C=O) groups is 1. The molecule has 5 rings (SSSR count). The maximum atomic E-state index is 13.1. The van der Waals surface area contributed by atoms with E-state index < -0.39 is 16.1 Å². The number of aromatic nitrogens is 2. The van der Waals surface area contributed by atoms with Gasteiger partial charge >= 0.3 is 6.03 Å². The lowest BCUT2D eigenvalue weighted by atomic mass is 9.99. The van der Waals surface area contributed by atoms with Crippen LogP contribution >= 0.6 is 0 Å². The van der Waals surface area contributed by atoms with E-state index in [-0.39, 0.29) is 10.9 Å². The molecule has 0 fully saturated rings. The highest BCUT2D eigenvalue weighted by atomic mass is 32.2. The number of amides is 2. The first-order chi connectivity index (χ1) is 15.3. The van der Waals surface area contributed by atoms with E-state index in [0.717, 1.165) is 61.8 Å². The van der Waals surface area contributed by atoms with Crippen LogP contribution in [0.1, 0.15) is 47.3 Å². The predicted octanol–water partition coefficient (Wildman–Crippen LogP) is 2.21. The van der Waals surface area contributed by atoms with E-state index in [1.54, 1.807) is 4.57 Å². The van der Waals surface area contributed by atoms with Crippen molar-refractivity contribution in [2.45, 2.75) is 63.1 Å². The number of anilines is 1. The van der Waals surface area contributed by atoms with Crippen molar-refractivity contribution in [2.75, 3.05) is 26.0 Å². The van der Waals surface area contributed by atoms with Gasteiger partial charge in [0.25, 0.3) is 10.0 Å². The molecule has 2 N–H and O–H groups in total. The fourth-order valence-corrected chi connectivity index (χ4v) is 6.09. The summed E-state index contributed by atoms with van der Waals surface area (Å²) in [6, 6.07) is 1.51. The number of nitrogens with one attached hydrogen (secondary N) is 2. The molecule has 2 aromatic rings. The highest BCUT2D eigenvalue weighted by Crippen LogP contribution is 2.38. The second-order valence-corrected chi connectivity index (χ2v) is 10.6. The summed E-state index contributed by atoms with van der Waals surface area (Å²) in [6.07, 6.45) is 6.71. The Labute approximate surface area is 188 Å². The van der Waals surface area contributed by atoms with Crippen LogP contribution in [0.4, 0.5) is 10.5 Å². The van der Waals surface area contributed by atoms with E-state index in [0.29, 0.717) is 25.5 Å². The molecular formula is C22H29N5O4S. The minimum absolute atomic E-state index is 0.204. The lowest BCUT2D eigenvalue weighted by Crippen LogP contribution is -2.35. The Hall–Kier alpha value is -2.59. The number of urea groups is 1. The normalized spacial score (nSPS) is 17.0. The number of carbonyl (C=O) groups excluding carboxylic acids is 1. The van der Waals surface area contributed by atoms with Crippen LogP contribution in [0.2, 0.25) is 0 Å². The topological polar surface area (TPSA) is 106 Å². The molecule has 0 saturated heterocycles. The van der Waals surface area contributed by atoms with Crippen molar-refractivity contribution in [3.63, 3.8) is 0 Å². The van der Waals surface area contributed by atoms with Gasteiger partial charge in [0.1, 0.15) is 5.82 Å². The number of ether oxygens (including phenoxy) is 1. The van der Waals surface area contributed by atoms with Gasteiger partial charge in [-0.2, -0.15) is 8.42 Å². The minimum Gasteiger partial charge on any atom is -0.477 e. The maximum Gasteiger partial charge on any atom is 0.333 e. The van der Waals surface area contributed by atoms with Crippen LogP contribution in [0, 0.1) is 0 Å². The van der Waals surface area contributed by atoms with Crippen LogP contribution in [0.3, 0.4) is 0 Å². The molecule has 2 heterocycles. The Balaban J connectivity index is 1.42. The molecule has 1 aliphatic heterocycles. The van der Waals surface area contributed by atoms with E-state index in [1.165, 1.54) is 11.1 Å². The molecule has 0 bridgehead atoms. The monoisotopic (exact) mass is 459 g/mol. The first-order valence-corrected chi connectivity index (χ1v) is 12.7. The summed E-state index contributed by atoms with van der Waals surface area (Å²) in [5.41, 5.74) is 5.64. The van der Waals surface area contributed by atoms with E-state index in [2.05, 4.69) is 21.1 Å². The van der Waals surface area contributed by atoms with Gasteiger partial charge < -0.3 is 15.0 Å². The lowest BCUT2D eigenvalue weighted by molar-refractivity contribution is 0.229. The van der Waals surface area contributed by atoms with Crippen molar-refractivity contribution >= 4 is 21.7 Å². The van der Waals surface area contributed by atoms with E-state index in [4.69, 9.17) is 4.74 Å². The quantitative estimate of drug-likeness (QED) is 0.710. The average molecular weight is 460 g/mol. The van der Waals surface area contributed by atoms with Crippen LogP contribution in [-0.2, 0) is 48.8 Å². The molecule has 172 valence electrons. The van der Waals surface area contributed by atoms with Gasteiger partial charge in [-0.3, -0.25) is 4.57 Å². The number of sulfonamides is 1. The van der Waals surface area contributed by atoms with Gasteiger partial charge in [-0.1, -0.05) is 6.07 Å². The third kappa shape index (κ3) is 3.75. The summed E-state index contributed by atoms with van der Waals surface area (Å²) in [5.74, 6) is 0.805. The third-order valence-corrected chi connectivity index (χ3v) is 7.62. The maximum absolute atomic E-state index is 13.1. The number of nitrogens with zero attached hydrogens (tertiary/aromatic N) is 3. The van der Waals surface area contributed by atoms with Gasteiger partial charge in [-0.15, -0.1) is 0 Å². The van der Waals surface area contributed by atoms with Crippen molar-refractivity contribution in [1.82, 2.24) is 19.2 Å². The van der Waals surface area contributed by atoms with Crippen LogP contribution in [-0.4, -0.2) is 49.6 Å². The number of hydrogen-bond acceptors (Lipinski definition) is 6. The molecule has 32 heavy (non-hydrogen) atoms. The van der Waals surface area contributed by atoms with Gasteiger partial charge in [-0.25, -0.2) is 14.5 Å². The number of rotatable bonds is 5. The summed E-state index contributed by atoms with van der Waals surface area (Å²) in [5, 5.41) is 2.65. The summed E-state index contributed by atoms with van der Waals surface area (Å²) in [7, 11) is -0.420. The third-order valence-electron chi connectivity index (χ3n) is 6.39. The Morgan fingerprint density at radius 1 is 1.12 bits per heavy atom. The van der Waals surface area contributed by atoms with Gasteiger partial charge in [-0.05, 0) is 81.3 Å². The molecule has 9 nitrogen and oxygen atoms in total. The molecule has 2 aliphatic carbocycles. The largest absolute Gasteiger partial charge is 0.477 e. The smallest absolute Gasteiger partial charge is 0.333 e. The Bertz CT molecular complexity index is 1150. The summed E-state index contributed by atoms with van der Waals surface area (Å²) in [6.45, 7) is 1.53. The van der Waals surface area contributed by atoms with Gasteiger partial charge in [0.15, 0.2) is 0 Å². The van der Waals surface area contributed by atoms with E-state index >= 15 is 0 Å². The first-order valence-electron chi connectivity index (χ1n) is 11.2. The SMILES string of the molecule is CN(C)Cc1nc(S(=O)(=O)NC(=O)Nc2c3c(cc4c2CCC4)CCC3)c2n1CCCO2. The Morgan fingerprint density at radius 3 is 2.47 bits per heavy atom. The predicted molar refractivity (Wildman–Crippen MR) is 120 cm³/mol. The van der Waals surface area contributed by atoms with Gasteiger partial charge in [0.2, 0.25) is 10.9 Å².